The molecule has 0 heterocycles. The third-order valence-corrected chi connectivity index (χ3v) is 4.92. The number of aryl methyl sites for hydroxylation is 2. The van der Waals surface area contributed by atoms with Gasteiger partial charge in [0.15, 0.2) is 0 Å². The van der Waals surface area contributed by atoms with E-state index < -0.39 is 20.5 Å². The van der Waals surface area contributed by atoms with E-state index in [-0.39, 0.29) is 18.0 Å². The Labute approximate surface area is 139 Å². The molecular weight excluding hydrogens is 336 g/mol. The standard InChI is InChI=1S/C17H17F2NO3S/c1-11-6-7-12(2)13(8-11)9-16(21)20-14-4-3-5-15(10-14)24(22,23)17(18)19/h3-8,10,17H,9H2,1-2H3,(H,20,21). The molecule has 0 saturated heterocycles. The normalized spacial score (nSPS) is 11.5. The maximum absolute atomic E-state index is 12.6. The average Bonchev–Trinajstić information content (AvgIpc) is 2.51. The molecule has 0 aliphatic rings. The zero-order valence-corrected chi connectivity index (χ0v) is 14.0. The van der Waals surface area contributed by atoms with Gasteiger partial charge in [0.1, 0.15) is 0 Å². The van der Waals surface area contributed by atoms with Crippen LogP contribution < -0.4 is 5.32 Å². The summed E-state index contributed by atoms with van der Waals surface area (Å²) in [6.07, 6.45) is 0.110. The number of benzene rings is 2. The van der Waals surface area contributed by atoms with Crippen molar-refractivity contribution in [3.63, 3.8) is 0 Å². The molecule has 1 amide bonds. The molecule has 2 aromatic carbocycles. The van der Waals surface area contributed by atoms with E-state index in [1.54, 1.807) is 0 Å². The van der Waals surface area contributed by atoms with E-state index in [0.29, 0.717) is 0 Å². The highest BCUT2D eigenvalue weighted by Crippen LogP contribution is 2.21. The first-order valence-corrected chi connectivity index (χ1v) is 8.73. The van der Waals surface area contributed by atoms with Crippen molar-refractivity contribution < 1.29 is 22.0 Å². The van der Waals surface area contributed by atoms with E-state index in [9.17, 15) is 22.0 Å². The lowest BCUT2D eigenvalue weighted by molar-refractivity contribution is -0.115. The fourth-order valence-electron chi connectivity index (χ4n) is 2.22. The van der Waals surface area contributed by atoms with Crippen LogP contribution >= 0.6 is 0 Å². The van der Waals surface area contributed by atoms with Crippen LogP contribution in [0.5, 0.6) is 0 Å². The molecule has 0 fully saturated rings. The minimum Gasteiger partial charge on any atom is -0.326 e. The molecule has 7 heteroatoms. The molecule has 0 unspecified atom stereocenters. The van der Waals surface area contributed by atoms with Gasteiger partial charge in [-0.2, -0.15) is 8.78 Å². The van der Waals surface area contributed by atoms with Crippen LogP contribution in [0.1, 0.15) is 16.7 Å². The summed E-state index contributed by atoms with van der Waals surface area (Å²) >= 11 is 0. The molecule has 24 heavy (non-hydrogen) atoms. The summed E-state index contributed by atoms with van der Waals surface area (Å²) in [6, 6.07) is 10.6. The van der Waals surface area contributed by atoms with E-state index in [0.717, 1.165) is 28.8 Å². The number of alkyl halides is 2. The molecule has 0 radical (unpaired) electrons. The Bertz CT molecular complexity index is 864. The van der Waals surface area contributed by atoms with Crippen molar-refractivity contribution in [3.8, 4) is 0 Å². The molecule has 0 bridgehead atoms. The minimum absolute atomic E-state index is 0.110. The van der Waals surface area contributed by atoms with Crippen LogP contribution in [0.2, 0.25) is 0 Å². The maximum atomic E-state index is 12.6. The predicted octanol–water partition coefficient (Wildman–Crippen LogP) is 3.48. The maximum Gasteiger partial charge on any atom is 0.341 e. The van der Waals surface area contributed by atoms with E-state index in [2.05, 4.69) is 5.32 Å². The zero-order valence-electron chi connectivity index (χ0n) is 13.2. The zero-order chi connectivity index (χ0) is 17.9. The van der Waals surface area contributed by atoms with Gasteiger partial charge in [0.2, 0.25) is 15.7 Å². The molecule has 0 aliphatic heterocycles. The van der Waals surface area contributed by atoms with Crippen LogP contribution in [-0.2, 0) is 21.1 Å². The number of hydrogen-bond donors (Lipinski definition) is 1. The van der Waals surface area contributed by atoms with Crippen LogP contribution in [0, 0.1) is 13.8 Å². The molecular formula is C17H17F2NO3S. The summed E-state index contributed by atoms with van der Waals surface area (Å²) in [5, 5.41) is 2.54. The molecule has 0 spiro atoms. The Hall–Kier alpha value is -2.28. The Balaban J connectivity index is 2.17. The smallest absolute Gasteiger partial charge is 0.326 e. The van der Waals surface area contributed by atoms with Crippen molar-refractivity contribution in [1.29, 1.82) is 0 Å². The van der Waals surface area contributed by atoms with Crippen molar-refractivity contribution >= 4 is 21.4 Å². The number of carbonyl (C=O) groups excluding carboxylic acids is 1. The van der Waals surface area contributed by atoms with Crippen molar-refractivity contribution in [2.45, 2.75) is 30.9 Å². The first kappa shape index (κ1) is 18.1. The Kier molecular flexibility index (Phi) is 5.33. The van der Waals surface area contributed by atoms with Gasteiger partial charge in [-0.05, 0) is 43.2 Å². The van der Waals surface area contributed by atoms with Crippen molar-refractivity contribution in [3.05, 3.63) is 59.2 Å². The monoisotopic (exact) mass is 353 g/mol. The minimum atomic E-state index is -4.69. The first-order valence-electron chi connectivity index (χ1n) is 7.18. The van der Waals surface area contributed by atoms with Gasteiger partial charge in [-0.15, -0.1) is 0 Å². The van der Waals surface area contributed by atoms with Gasteiger partial charge in [-0.25, -0.2) is 8.42 Å². The van der Waals surface area contributed by atoms with Gasteiger partial charge < -0.3 is 5.32 Å². The first-order chi connectivity index (χ1) is 11.2. The largest absolute Gasteiger partial charge is 0.341 e. The van der Waals surface area contributed by atoms with E-state index in [1.807, 2.05) is 32.0 Å². The molecule has 0 saturated carbocycles. The highest BCUT2D eigenvalue weighted by molar-refractivity contribution is 7.91. The Morgan fingerprint density at radius 2 is 1.83 bits per heavy atom. The number of nitrogens with one attached hydrogen (secondary N) is 1. The predicted molar refractivity (Wildman–Crippen MR) is 87.9 cm³/mol. The van der Waals surface area contributed by atoms with Crippen molar-refractivity contribution in [2.75, 3.05) is 5.32 Å². The number of anilines is 1. The van der Waals surface area contributed by atoms with Gasteiger partial charge in [0, 0.05) is 5.69 Å². The van der Waals surface area contributed by atoms with Gasteiger partial charge in [0.25, 0.3) is 0 Å². The van der Waals surface area contributed by atoms with Crippen LogP contribution in [-0.4, -0.2) is 20.1 Å². The Morgan fingerprint density at radius 3 is 2.50 bits per heavy atom. The molecule has 4 nitrogen and oxygen atoms in total. The second-order valence-corrected chi connectivity index (χ2v) is 7.41. The van der Waals surface area contributed by atoms with Gasteiger partial charge in [-0.3, -0.25) is 4.79 Å². The van der Waals surface area contributed by atoms with Crippen LogP contribution in [0.3, 0.4) is 0 Å². The van der Waals surface area contributed by atoms with Crippen molar-refractivity contribution in [2.24, 2.45) is 0 Å². The summed E-state index contributed by atoms with van der Waals surface area (Å²) in [4.78, 5) is 11.6. The van der Waals surface area contributed by atoms with Gasteiger partial charge in [-0.1, -0.05) is 29.8 Å². The number of halogens is 2. The van der Waals surface area contributed by atoms with E-state index >= 15 is 0 Å². The lowest BCUT2D eigenvalue weighted by Crippen LogP contribution is -2.16. The van der Waals surface area contributed by atoms with Crippen LogP contribution in [0.25, 0.3) is 0 Å². The van der Waals surface area contributed by atoms with E-state index in [4.69, 9.17) is 0 Å². The molecule has 128 valence electrons. The molecule has 2 aromatic rings. The fraction of sp³-hybridized carbons (Fsp3) is 0.235. The summed E-state index contributed by atoms with van der Waals surface area (Å²) in [5.74, 6) is -3.85. The highest BCUT2D eigenvalue weighted by Gasteiger charge is 2.26. The van der Waals surface area contributed by atoms with Crippen LogP contribution in [0.4, 0.5) is 14.5 Å². The molecule has 0 atom stereocenters. The lowest BCUT2D eigenvalue weighted by atomic mass is 10.0. The second-order valence-electron chi connectivity index (χ2n) is 5.49. The van der Waals surface area contributed by atoms with Gasteiger partial charge in [0.05, 0.1) is 11.3 Å². The summed E-state index contributed by atoms with van der Waals surface area (Å²) in [7, 11) is -4.69. The fourth-order valence-corrected chi connectivity index (χ4v) is 2.99. The summed E-state index contributed by atoms with van der Waals surface area (Å²) in [5.41, 5.74) is 2.99. The molecule has 1 N–H and O–H groups in total. The van der Waals surface area contributed by atoms with E-state index in [1.165, 1.54) is 12.1 Å². The second kappa shape index (κ2) is 7.09. The SMILES string of the molecule is Cc1ccc(C)c(CC(=O)Nc2cccc(S(=O)(=O)C(F)F)c2)c1. The number of sulfone groups is 1. The Morgan fingerprint density at radius 1 is 1.12 bits per heavy atom. The topological polar surface area (TPSA) is 63.2 Å². The third kappa shape index (κ3) is 4.17. The van der Waals surface area contributed by atoms with Crippen LogP contribution in [0.15, 0.2) is 47.4 Å². The number of hydrogen-bond acceptors (Lipinski definition) is 3. The highest BCUT2D eigenvalue weighted by atomic mass is 32.2. The average molecular weight is 353 g/mol. The van der Waals surface area contributed by atoms with Gasteiger partial charge >= 0.3 is 5.76 Å². The molecule has 0 aliphatic carbocycles. The number of amides is 1. The molecule has 0 aromatic heterocycles. The quantitative estimate of drug-likeness (QED) is 0.895. The molecule has 2 rings (SSSR count). The summed E-state index contributed by atoms with van der Waals surface area (Å²) in [6.45, 7) is 3.80. The third-order valence-electron chi connectivity index (χ3n) is 3.54. The number of carbonyl (C=O) groups is 1. The number of rotatable bonds is 5. The lowest BCUT2D eigenvalue weighted by Gasteiger charge is -2.10. The van der Waals surface area contributed by atoms with Crippen molar-refractivity contribution in [1.82, 2.24) is 0 Å². The summed E-state index contributed by atoms with van der Waals surface area (Å²) < 4.78 is 48.1.